The van der Waals surface area contributed by atoms with Gasteiger partial charge in [-0.25, -0.2) is 4.39 Å². The highest BCUT2D eigenvalue weighted by atomic mass is 35.5. The molecule has 130 valence electrons. The van der Waals surface area contributed by atoms with Gasteiger partial charge in [-0.1, -0.05) is 13.8 Å². The van der Waals surface area contributed by atoms with E-state index in [2.05, 4.69) is 24.1 Å². The molecule has 1 aromatic rings. The molecule has 1 atom stereocenters. The van der Waals surface area contributed by atoms with Gasteiger partial charge in [0.2, 0.25) is 0 Å². The van der Waals surface area contributed by atoms with Gasteiger partial charge in [-0.15, -0.1) is 12.4 Å². The molecule has 4 nitrogen and oxygen atoms in total. The normalized spacial score (nSPS) is 16.3. The van der Waals surface area contributed by atoms with Gasteiger partial charge in [-0.3, -0.25) is 9.69 Å². The van der Waals surface area contributed by atoms with Crippen molar-refractivity contribution in [2.45, 2.75) is 39.2 Å². The molecule has 0 spiro atoms. The third-order valence-electron chi connectivity index (χ3n) is 4.08. The average molecular weight is 345 g/mol. The van der Waals surface area contributed by atoms with Crippen LogP contribution in [0, 0.1) is 5.82 Å². The highest BCUT2D eigenvalue weighted by Gasteiger charge is 2.29. The van der Waals surface area contributed by atoms with Crippen LogP contribution in [0.25, 0.3) is 0 Å². The average Bonchev–Trinajstić information content (AvgIpc) is 2.54. The first-order chi connectivity index (χ1) is 10.6. The first-order valence-corrected chi connectivity index (χ1v) is 8.02. The second-order valence-electron chi connectivity index (χ2n) is 5.69. The molecule has 1 aromatic carbocycles. The van der Waals surface area contributed by atoms with E-state index in [0.717, 1.165) is 25.9 Å². The summed E-state index contributed by atoms with van der Waals surface area (Å²) in [5.41, 5.74) is 1.20. The largest absolute Gasteiger partial charge is 0.489 e. The Morgan fingerprint density at radius 2 is 2.00 bits per heavy atom. The zero-order chi connectivity index (χ0) is 16.1. The van der Waals surface area contributed by atoms with E-state index in [9.17, 15) is 9.18 Å². The van der Waals surface area contributed by atoms with Gasteiger partial charge in [-0.05, 0) is 44.5 Å². The molecule has 23 heavy (non-hydrogen) atoms. The third kappa shape index (κ3) is 4.36. The molecule has 1 N–H and O–H groups in total. The topological polar surface area (TPSA) is 41.6 Å². The smallest absolute Gasteiger partial charge is 0.251 e. The van der Waals surface area contributed by atoms with E-state index in [4.69, 9.17) is 4.74 Å². The second-order valence-corrected chi connectivity index (χ2v) is 5.69. The minimum absolute atomic E-state index is 0. The zero-order valence-electron chi connectivity index (χ0n) is 14.0. The van der Waals surface area contributed by atoms with E-state index in [1.165, 1.54) is 6.07 Å². The molecule has 0 aromatic heterocycles. The van der Waals surface area contributed by atoms with E-state index < -0.39 is 5.82 Å². The molecule has 1 amide bonds. The van der Waals surface area contributed by atoms with E-state index in [0.29, 0.717) is 24.2 Å². The van der Waals surface area contributed by atoms with Crippen LogP contribution in [0.5, 0.6) is 5.75 Å². The van der Waals surface area contributed by atoms with E-state index >= 15 is 0 Å². The molecule has 1 aliphatic heterocycles. The first kappa shape index (κ1) is 19.7. The molecule has 0 radical (unpaired) electrons. The number of amides is 1. The lowest BCUT2D eigenvalue weighted by molar-refractivity contribution is 0.0950. The van der Waals surface area contributed by atoms with Gasteiger partial charge in [0.25, 0.3) is 5.91 Å². The number of hydrogen-bond donors (Lipinski definition) is 1. The fourth-order valence-electron chi connectivity index (χ4n) is 3.07. The molecular weight excluding hydrogens is 319 g/mol. The third-order valence-corrected chi connectivity index (χ3v) is 4.08. The summed E-state index contributed by atoms with van der Waals surface area (Å²) in [5.74, 6) is -0.345. The van der Waals surface area contributed by atoms with Crippen molar-refractivity contribution in [1.29, 1.82) is 0 Å². The first-order valence-electron chi connectivity index (χ1n) is 8.02. The Morgan fingerprint density at radius 1 is 1.35 bits per heavy atom. The summed E-state index contributed by atoms with van der Waals surface area (Å²) in [6.07, 6.45) is 2.78. The van der Waals surface area contributed by atoms with Gasteiger partial charge in [0.1, 0.15) is 6.61 Å². The van der Waals surface area contributed by atoms with Gasteiger partial charge < -0.3 is 10.1 Å². The van der Waals surface area contributed by atoms with E-state index in [1.807, 2.05) is 0 Å². The fraction of sp³-hybridized carbons (Fsp3) is 0.588. The highest BCUT2D eigenvalue weighted by Crippen LogP contribution is 2.32. The SMILES string of the molecule is CCCN(CCC)[C@H]1COc2c(F)ccc(C(=O)NC)c2C1.Cl. The Morgan fingerprint density at radius 3 is 2.57 bits per heavy atom. The maximum Gasteiger partial charge on any atom is 0.251 e. The summed E-state index contributed by atoms with van der Waals surface area (Å²) in [5, 5.41) is 2.61. The van der Waals surface area contributed by atoms with Crippen molar-refractivity contribution in [2.24, 2.45) is 0 Å². The fourth-order valence-corrected chi connectivity index (χ4v) is 3.07. The Balaban J connectivity index is 0.00000264. The number of rotatable bonds is 6. The molecule has 0 saturated carbocycles. The van der Waals surface area contributed by atoms with Crippen molar-refractivity contribution in [3.8, 4) is 5.75 Å². The number of benzene rings is 1. The number of hydrogen-bond acceptors (Lipinski definition) is 3. The van der Waals surface area contributed by atoms with Crippen molar-refractivity contribution in [3.05, 3.63) is 29.1 Å². The quantitative estimate of drug-likeness (QED) is 0.862. The predicted octanol–water partition coefficient (Wildman–Crippen LogP) is 3.03. The number of fused-ring (bicyclic) bond motifs is 1. The molecule has 2 rings (SSSR count). The second kappa shape index (κ2) is 9.08. The number of halogens is 2. The van der Waals surface area contributed by atoms with Crippen LogP contribution in [0.3, 0.4) is 0 Å². The molecular formula is C17H26ClFN2O2. The summed E-state index contributed by atoms with van der Waals surface area (Å²) in [7, 11) is 1.58. The minimum atomic E-state index is -0.390. The number of nitrogens with zero attached hydrogens (tertiary/aromatic N) is 1. The number of ether oxygens (including phenoxy) is 1. The van der Waals surface area contributed by atoms with Gasteiger partial charge in [0.15, 0.2) is 11.6 Å². The van der Waals surface area contributed by atoms with Crippen molar-refractivity contribution >= 4 is 18.3 Å². The lowest BCUT2D eigenvalue weighted by Gasteiger charge is -2.35. The summed E-state index contributed by atoms with van der Waals surface area (Å²) in [6, 6.07) is 3.04. The van der Waals surface area contributed by atoms with Crippen LogP contribution in [0.15, 0.2) is 12.1 Å². The number of nitrogens with one attached hydrogen (secondary N) is 1. The van der Waals surface area contributed by atoms with Crippen LogP contribution in [0.2, 0.25) is 0 Å². The van der Waals surface area contributed by atoms with Gasteiger partial charge in [0.05, 0.1) is 0 Å². The van der Waals surface area contributed by atoms with Crippen LogP contribution in [0.4, 0.5) is 4.39 Å². The van der Waals surface area contributed by atoms with Crippen molar-refractivity contribution in [3.63, 3.8) is 0 Å². The summed E-state index contributed by atoms with van der Waals surface area (Å²) in [4.78, 5) is 14.4. The minimum Gasteiger partial charge on any atom is -0.489 e. The Bertz CT molecular complexity index is 534. The van der Waals surface area contributed by atoms with E-state index in [-0.39, 0.29) is 30.1 Å². The van der Waals surface area contributed by atoms with Gasteiger partial charge in [-0.2, -0.15) is 0 Å². The molecule has 0 aliphatic carbocycles. The van der Waals surface area contributed by atoms with Crippen LogP contribution in [0.1, 0.15) is 42.6 Å². The molecule has 6 heteroatoms. The van der Waals surface area contributed by atoms with Crippen molar-refractivity contribution < 1.29 is 13.9 Å². The Hall–Kier alpha value is -1.33. The monoisotopic (exact) mass is 344 g/mol. The number of carbonyl (C=O) groups is 1. The molecule has 0 fully saturated rings. The van der Waals surface area contributed by atoms with Gasteiger partial charge in [0, 0.05) is 24.2 Å². The van der Waals surface area contributed by atoms with Crippen LogP contribution in [-0.2, 0) is 6.42 Å². The highest BCUT2D eigenvalue weighted by molar-refractivity contribution is 5.96. The van der Waals surface area contributed by atoms with E-state index in [1.54, 1.807) is 13.1 Å². The van der Waals surface area contributed by atoms with Crippen molar-refractivity contribution in [1.82, 2.24) is 10.2 Å². The molecule has 1 heterocycles. The Kier molecular flexibility index (Phi) is 7.79. The predicted molar refractivity (Wildman–Crippen MR) is 92.2 cm³/mol. The molecule has 0 bridgehead atoms. The number of carbonyl (C=O) groups excluding carboxylic acids is 1. The summed E-state index contributed by atoms with van der Waals surface area (Å²) in [6.45, 7) is 6.75. The van der Waals surface area contributed by atoms with Crippen LogP contribution >= 0.6 is 12.4 Å². The van der Waals surface area contributed by atoms with Crippen molar-refractivity contribution in [2.75, 3.05) is 26.7 Å². The lowest BCUT2D eigenvalue weighted by atomic mass is 9.95. The summed E-state index contributed by atoms with van der Waals surface area (Å²) < 4.78 is 19.7. The van der Waals surface area contributed by atoms with Crippen LogP contribution in [-0.4, -0.2) is 43.6 Å². The molecule has 0 saturated heterocycles. The van der Waals surface area contributed by atoms with Gasteiger partial charge >= 0.3 is 0 Å². The zero-order valence-corrected chi connectivity index (χ0v) is 14.8. The maximum absolute atomic E-state index is 14.0. The Labute approximate surface area is 143 Å². The maximum atomic E-state index is 14.0. The summed E-state index contributed by atoms with van der Waals surface area (Å²) >= 11 is 0. The standard InChI is InChI=1S/C17H25FN2O2.ClH/c1-4-8-20(9-5-2)12-10-14-13(17(21)19-3)6-7-15(18)16(14)22-11-12;/h6-7,12H,4-5,8-11H2,1-3H3,(H,19,21);1H/t12-;/m1./s1. The molecule has 1 aliphatic rings. The van der Waals surface area contributed by atoms with Crippen LogP contribution < -0.4 is 10.1 Å². The molecule has 0 unspecified atom stereocenters. The lowest BCUT2D eigenvalue weighted by Crippen LogP contribution is -2.44.